The Kier molecular flexibility index (Phi) is 6.01. The number of fused-ring (bicyclic) bond motifs is 1. The highest BCUT2D eigenvalue weighted by atomic mass is 16.5. The van der Waals surface area contributed by atoms with Crippen molar-refractivity contribution in [3.05, 3.63) is 30.1 Å². The molecule has 2 fully saturated rings. The number of nitrogens with one attached hydrogen (secondary N) is 1. The highest BCUT2D eigenvalue weighted by Crippen LogP contribution is 2.27. The summed E-state index contributed by atoms with van der Waals surface area (Å²) in [4.78, 5) is 4.89. The second-order valence-corrected chi connectivity index (χ2v) is 8.13. The van der Waals surface area contributed by atoms with Crippen LogP contribution < -0.4 is 10.2 Å². The normalized spacial score (nSPS) is 28.6. The standard InChI is InChI=1S/C21H30N6O2/c1-15-9-23-10-18(14-28-3)26(15)13-19-12-25(11-16(2)29-19)20-5-4-17(8-22)27-21(20)6-7-24-27/h4-7,15-16,18-19,23H,9-14H2,1-3H3/t15?,16-,18?,19-/m1/s1. The van der Waals surface area contributed by atoms with Crippen LogP contribution in [0, 0.1) is 11.3 Å². The van der Waals surface area contributed by atoms with Gasteiger partial charge in [0.1, 0.15) is 11.8 Å². The van der Waals surface area contributed by atoms with Gasteiger partial charge in [0.2, 0.25) is 0 Å². The van der Waals surface area contributed by atoms with Crippen LogP contribution in [0.1, 0.15) is 19.5 Å². The van der Waals surface area contributed by atoms with E-state index in [1.807, 2.05) is 18.2 Å². The van der Waals surface area contributed by atoms with Crippen molar-refractivity contribution in [3.8, 4) is 6.07 Å². The molecule has 0 bridgehead atoms. The van der Waals surface area contributed by atoms with Crippen molar-refractivity contribution in [3.63, 3.8) is 0 Å². The molecule has 8 nitrogen and oxygen atoms in total. The summed E-state index contributed by atoms with van der Waals surface area (Å²) in [7, 11) is 1.76. The Morgan fingerprint density at radius 2 is 2.14 bits per heavy atom. The van der Waals surface area contributed by atoms with E-state index < -0.39 is 0 Å². The number of ether oxygens (including phenoxy) is 2. The third-order valence-electron chi connectivity index (χ3n) is 5.94. The first-order valence-electron chi connectivity index (χ1n) is 10.3. The molecule has 0 amide bonds. The molecule has 4 heterocycles. The van der Waals surface area contributed by atoms with Crippen molar-refractivity contribution in [1.29, 1.82) is 5.26 Å². The Balaban J connectivity index is 1.54. The number of pyridine rings is 1. The van der Waals surface area contributed by atoms with Crippen LogP contribution in [-0.4, -0.2) is 85.2 Å². The van der Waals surface area contributed by atoms with Crippen LogP contribution in [0.15, 0.2) is 24.4 Å². The van der Waals surface area contributed by atoms with E-state index in [2.05, 4.69) is 40.1 Å². The quantitative estimate of drug-likeness (QED) is 0.808. The predicted molar refractivity (Wildman–Crippen MR) is 111 cm³/mol. The molecule has 2 saturated heterocycles. The summed E-state index contributed by atoms with van der Waals surface area (Å²) in [6.45, 7) is 9.54. The fourth-order valence-corrected chi connectivity index (χ4v) is 4.66. The Morgan fingerprint density at radius 1 is 1.28 bits per heavy atom. The van der Waals surface area contributed by atoms with E-state index in [0.29, 0.717) is 17.8 Å². The zero-order chi connectivity index (χ0) is 20.4. The third kappa shape index (κ3) is 4.09. The number of piperazine rings is 1. The molecule has 156 valence electrons. The number of hydrogen-bond donors (Lipinski definition) is 1. The fourth-order valence-electron chi connectivity index (χ4n) is 4.66. The highest BCUT2D eigenvalue weighted by Gasteiger charge is 2.33. The van der Waals surface area contributed by atoms with Gasteiger partial charge in [0.05, 0.1) is 36.2 Å². The van der Waals surface area contributed by atoms with Gasteiger partial charge in [-0.25, -0.2) is 4.52 Å². The first-order chi connectivity index (χ1) is 14.1. The lowest BCUT2D eigenvalue weighted by Gasteiger charge is -2.45. The number of hydrogen-bond acceptors (Lipinski definition) is 7. The molecule has 0 saturated carbocycles. The molecule has 2 unspecified atom stereocenters. The van der Waals surface area contributed by atoms with Crippen LogP contribution in [0.3, 0.4) is 0 Å². The summed E-state index contributed by atoms with van der Waals surface area (Å²) in [6, 6.07) is 8.86. The van der Waals surface area contributed by atoms with Gasteiger partial charge in [-0.05, 0) is 32.0 Å². The van der Waals surface area contributed by atoms with Gasteiger partial charge in [-0.1, -0.05) is 0 Å². The topological polar surface area (TPSA) is 78.1 Å². The molecule has 8 heteroatoms. The van der Waals surface area contributed by atoms with Crippen LogP contribution in [0.25, 0.3) is 5.52 Å². The van der Waals surface area contributed by atoms with Crippen molar-refractivity contribution in [2.45, 2.75) is 38.1 Å². The Morgan fingerprint density at radius 3 is 2.93 bits per heavy atom. The molecule has 1 N–H and O–H groups in total. The van der Waals surface area contributed by atoms with E-state index in [9.17, 15) is 5.26 Å². The third-order valence-corrected chi connectivity index (χ3v) is 5.94. The van der Waals surface area contributed by atoms with E-state index in [0.717, 1.165) is 50.5 Å². The van der Waals surface area contributed by atoms with Crippen molar-refractivity contribution in [1.82, 2.24) is 19.8 Å². The minimum absolute atomic E-state index is 0.109. The van der Waals surface area contributed by atoms with Gasteiger partial charge >= 0.3 is 0 Å². The van der Waals surface area contributed by atoms with Crippen LogP contribution in [0.5, 0.6) is 0 Å². The van der Waals surface area contributed by atoms with Gasteiger partial charge in [0.15, 0.2) is 0 Å². The number of anilines is 1. The zero-order valence-electron chi connectivity index (χ0n) is 17.4. The van der Waals surface area contributed by atoms with Gasteiger partial charge in [-0.3, -0.25) is 4.90 Å². The summed E-state index contributed by atoms with van der Waals surface area (Å²) in [5, 5.41) is 17.2. The summed E-state index contributed by atoms with van der Waals surface area (Å²) >= 11 is 0. The SMILES string of the molecule is COCC1CNCC(C)N1C[C@H]1CN(c2ccc(C#N)n3nccc23)C[C@@H](C)O1. The summed E-state index contributed by atoms with van der Waals surface area (Å²) in [6.07, 6.45) is 1.99. The Hall–Kier alpha value is -2.18. The average Bonchev–Trinajstić information content (AvgIpc) is 3.19. The lowest BCUT2D eigenvalue weighted by molar-refractivity contribution is -0.0559. The van der Waals surface area contributed by atoms with Crippen molar-refractivity contribution in [2.75, 3.05) is 51.3 Å². The largest absolute Gasteiger partial charge is 0.383 e. The van der Waals surface area contributed by atoms with Gasteiger partial charge in [-0.2, -0.15) is 10.4 Å². The first kappa shape index (κ1) is 20.1. The summed E-state index contributed by atoms with van der Waals surface area (Å²) in [5.41, 5.74) is 2.61. The first-order valence-corrected chi connectivity index (χ1v) is 10.3. The van der Waals surface area contributed by atoms with Gasteiger partial charge in [0, 0.05) is 51.9 Å². The lowest BCUT2D eigenvalue weighted by Crippen LogP contribution is -2.61. The minimum atomic E-state index is 0.109. The van der Waals surface area contributed by atoms with Gasteiger partial charge in [-0.15, -0.1) is 0 Å². The summed E-state index contributed by atoms with van der Waals surface area (Å²) < 4.78 is 13.5. The lowest BCUT2D eigenvalue weighted by atomic mass is 10.1. The van der Waals surface area contributed by atoms with Crippen LogP contribution >= 0.6 is 0 Å². The molecule has 2 aliphatic heterocycles. The van der Waals surface area contributed by atoms with Crippen molar-refractivity contribution < 1.29 is 9.47 Å². The van der Waals surface area contributed by atoms with E-state index in [4.69, 9.17) is 9.47 Å². The van der Waals surface area contributed by atoms with Crippen molar-refractivity contribution in [2.24, 2.45) is 0 Å². The number of nitriles is 1. The number of aromatic nitrogens is 2. The van der Waals surface area contributed by atoms with E-state index in [1.165, 1.54) is 0 Å². The maximum absolute atomic E-state index is 9.35. The molecular weight excluding hydrogens is 368 g/mol. The molecule has 0 radical (unpaired) electrons. The molecule has 0 aromatic carbocycles. The second kappa shape index (κ2) is 8.67. The predicted octanol–water partition coefficient (Wildman–Crippen LogP) is 1.11. The highest BCUT2D eigenvalue weighted by molar-refractivity contribution is 5.74. The molecule has 0 aliphatic carbocycles. The van der Waals surface area contributed by atoms with E-state index in [-0.39, 0.29) is 12.2 Å². The molecule has 2 aromatic heterocycles. The molecule has 29 heavy (non-hydrogen) atoms. The zero-order valence-corrected chi connectivity index (χ0v) is 17.4. The second-order valence-electron chi connectivity index (χ2n) is 8.13. The molecule has 2 aliphatic rings. The number of morpholine rings is 1. The van der Waals surface area contributed by atoms with Gasteiger partial charge < -0.3 is 19.7 Å². The number of nitrogens with zero attached hydrogens (tertiary/aromatic N) is 5. The number of methoxy groups -OCH3 is 1. The fraction of sp³-hybridized carbons (Fsp3) is 0.619. The van der Waals surface area contributed by atoms with Crippen LogP contribution in [-0.2, 0) is 9.47 Å². The van der Waals surface area contributed by atoms with Crippen LogP contribution in [0.4, 0.5) is 5.69 Å². The molecule has 2 aromatic rings. The minimum Gasteiger partial charge on any atom is -0.383 e. The summed E-state index contributed by atoms with van der Waals surface area (Å²) in [5.74, 6) is 0. The van der Waals surface area contributed by atoms with Crippen LogP contribution in [0.2, 0.25) is 0 Å². The van der Waals surface area contributed by atoms with E-state index >= 15 is 0 Å². The molecule has 0 spiro atoms. The Bertz CT molecular complexity index is 876. The molecular formula is C21H30N6O2. The van der Waals surface area contributed by atoms with Crippen molar-refractivity contribution >= 4 is 11.2 Å². The maximum Gasteiger partial charge on any atom is 0.142 e. The average molecular weight is 399 g/mol. The van der Waals surface area contributed by atoms with Gasteiger partial charge in [0.25, 0.3) is 0 Å². The van der Waals surface area contributed by atoms with E-state index in [1.54, 1.807) is 17.8 Å². The maximum atomic E-state index is 9.35. The molecule has 4 atom stereocenters. The number of rotatable bonds is 5. The smallest absolute Gasteiger partial charge is 0.142 e. The molecule has 4 rings (SSSR count). The Labute approximate surface area is 172 Å². The monoisotopic (exact) mass is 398 g/mol.